The number of piperidine rings is 1. The van der Waals surface area contributed by atoms with E-state index in [9.17, 15) is 49.4 Å². The lowest BCUT2D eigenvalue weighted by Crippen LogP contribution is -2.49. The molecule has 5 aromatic rings. The monoisotopic (exact) mass is 1020 g/mol. The number of benzene rings is 5. The molecule has 19 heteroatoms. The summed E-state index contributed by atoms with van der Waals surface area (Å²) in [6.45, 7) is 2.94. The van der Waals surface area contributed by atoms with E-state index in [0.717, 1.165) is 39.4 Å². The second-order valence-corrected chi connectivity index (χ2v) is 22.2. The molecule has 0 spiro atoms. The van der Waals surface area contributed by atoms with Crippen LogP contribution in [0.4, 0.5) is 23.2 Å². The third-order valence-electron chi connectivity index (χ3n) is 12.6. The number of rotatable bonds is 18. The van der Waals surface area contributed by atoms with Crippen LogP contribution >= 0.6 is 23.4 Å². The number of hydrogen-bond donors (Lipinski definition) is 3. The molecule has 0 aromatic heterocycles. The maximum absolute atomic E-state index is 14.4. The van der Waals surface area contributed by atoms with E-state index in [2.05, 4.69) is 9.80 Å². The van der Waals surface area contributed by atoms with Crippen LogP contribution in [-0.4, -0.2) is 119 Å². The molecule has 11 nitrogen and oxygen atoms in total. The second kappa shape index (κ2) is 22.5. The van der Waals surface area contributed by atoms with Crippen molar-refractivity contribution in [3.05, 3.63) is 143 Å². The second-order valence-electron chi connectivity index (χ2n) is 17.1. The van der Waals surface area contributed by atoms with Crippen molar-refractivity contribution in [2.75, 3.05) is 69.7 Å². The number of carbonyl (C=O) groups excluding carboxylic acids is 1. The van der Waals surface area contributed by atoms with Gasteiger partial charge in [0.25, 0.3) is 25.8 Å². The van der Waals surface area contributed by atoms with Crippen LogP contribution in [0.2, 0.25) is 5.02 Å². The van der Waals surface area contributed by atoms with Gasteiger partial charge in [0.2, 0.25) is 0 Å². The van der Waals surface area contributed by atoms with Gasteiger partial charge >= 0.3 is 5.51 Å². The van der Waals surface area contributed by atoms with Crippen molar-refractivity contribution < 1.29 is 49.4 Å². The molecule has 0 radical (unpaired) electrons. The molecule has 3 atom stereocenters. The summed E-state index contributed by atoms with van der Waals surface area (Å²) in [5.74, 6) is -1.74. The van der Waals surface area contributed by atoms with Gasteiger partial charge in [-0.1, -0.05) is 72.3 Å². The highest BCUT2D eigenvalue weighted by Gasteiger charge is 2.49. The Morgan fingerprint density at radius 1 is 0.779 bits per heavy atom. The fourth-order valence-corrected chi connectivity index (χ4v) is 12.1. The highest BCUT2D eigenvalue weighted by atomic mass is 35.5. The molecule has 68 heavy (non-hydrogen) atoms. The van der Waals surface area contributed by atoms with Gasteiger partial charge < -0.3 is 20.0 Å². The summed E-state index contributed by atoms with van der Waals surface area (Å²) in [5, 5.41) is 21.9. The maximum Gasteiger partial charge on any atom is 0.501 e. The largest absolute Gasteiger partial charge is 0.501 e. The van der Waals surface area contributed by atoms with E-state index in [1.807, 2.05) is 70.3 Å². The summed E-state index contributed by atoms with van der Waals surface area (Å²) in [4.78, 5) is 18.2. The van der Waals surface area contributed by atoms with Crippen molar-refractivity contribution in [2.24, 2.45) is 5.92 Å². The van der Waals surface area contributed by atoms with E-state index in [-0.39, 0.29) is 35.8 Å². The number of aliphatic hydroxyl groups is 2. The zero-order valence-electron chi connectivity index (χ0n) is 36.9. The molecular weight excluding hydrogens is 964 g/mol. The van der Waals surface area contributed by atoms with Crippen molar-refractivity contribution in [1.82, 2.24) is 14.5 Å². The number of alkyl halides is 4. The number of sulfone groups is 1. The summed E-state index contributed by atoms with van der Waals surface area (Å²) in [5.41, 5.74) is -2.60. The van der Waals surface area contributed by atoms with Crippen LogP contribution in [0.5, 0.6) is 0 Å². The van der Waals surface area contributed by atoms with Crippen molar-refractivity contribution in [2.45, 2.75) is 57.6 Å². The molecule has 5 aromatic carbocycles. The number of nitrogens with one attached hydrogen (secondary N) is 1. The van der Waals surface area contributed by atoms with Crippen LogP contribution in [0, 0.1) is 5.92 Å². The highest BCUT2D eigenvalue weighted by molar-refractivity contribution is 7.99. The summed E-state index contributed by atoms with van der Waals surface area (Å²) in [7, 11) is -11.0. The quantitative estimate of drug-likeness (QED) is 0.0573. The number of β-amino-alcohol motifs (C(OH)–C–C–N with tert-alkyl or cyclic N) is 1. The molecule has 0 saturated carbocycles. The van der Waals surface area contributed by atoms with Gasteiger partial charge in [0.05, 0.1) is 22.0 Å². The number of nitrogens with zero attached hydrogens (tertiary/aromatic N) is 3. The number of amides is 1. The summed E-state index contributed by atoms with van der Waals surface area (Å²) in [6.07, 6.45) is -0.274. The normalized spacial score (nSPS) is 17.1. The molecule has 7 rings (SSSR count). The molecule has 0 unspecified atom stereocenters. The molecule has 2 saturated heterocycles. The minimum atomic E-state index is -6.10. The van der Waals surface area contributed by atoms with Gasteiger partial charge in [0, 0.05) is 72.7 Å². The number of sulfonamides is 1. The number of aliphatic hydroxyl groups excluding tert-OH is 2. The zero-order chi connectivity index (χ0) is 48.6. The maximum atomic E-state index is 14.4. The van der Waals surface area contributed by atoms with Crippen molar-refractivity contribution >= 4 is 54.8 Å². The molecule has 3 N–H and O–H groups in total. The van der Waals surface area contributed by atoms with E-state index in [1.54, 1.807) is 30.3 Å². The predicted octanol–water partition coefficient (Wildman–Crippen LogP) is 8.58. The van der Waals surface area contributed by atoms with Crippen LogP contribution in [-0.2, 0) is 19.9 Å². The molecule has 364 valence electrons. The molecule has 2 fully saturated rings. The first kappa shape index (κ1) is 51.3. The molecule has 2 aliphatic rings. The van der Waals surface area contributed by atoms with Crippen molar-refractivity contribution in [3.8, 4) is 11.1 Å². The third-order valence-corrected chi connectivity index (χ3v) is 16.9. The fourth-order valence-electron chi connectivity index (χ4n) is 8.74. The van der Waals surface area contributed by atoms with Gasteiger partial charge in [-0.3, -0.25) is 9.69 Å². The van der Waals surface area contributed by atoms with Gasteiger partial charge in [-0.2, -0.15) is 13.2 Å². The fraction of sp³-hybridized carbons (Fsp3) is 0.367. The molecule has 2 aliphatic heterocycles. The van der Waals surface area contributed by atoms with Crippen LogP contribution in [0.25, 0.3) is 11.1 Å². The van der Waals surface area contributed by atoms with Crippen LogP contribution in [0.1, 0.15) is 52.8 Å². The Kier molecular flexibility index (Phi) is 17.0. The Morgan fingerprint density at radius 3 is 2.06 bits per heavy atom. The van der Waals surface area contributed by atoms with Crippen molar-refractivity contribution in [3.63, 3.8) is 0 Å². The van der Waals surface area contributed by atoms with Gasteiger partial charge in [-0.05, 0) is 121 Å². The topological polar surface area (TPSA) is 148 Å². The zero-order valence-corrected chi connectivity index (χ0v) is 40.1. The van der Waals surface area contributed by atoms with Gasteiger partial charge in [0.1, 0.15) is 6.67 Å². The number of hydrogen-bond acceptors (Lipinski definition) is 11. The number of carbonyl (C=O) groups is 1. The van der Waals surface area contributed by atoms with Gasteiger partial charge in [-0.25, -0.2) is 25.9 Å². The lowest BCUT2D eigenvalue weighted by Gasteiger charge is -2.36. The minimum Gasteiger partial charge on any atom is -0.389 e. The SMILES string of the molecule is O=C(NS(=O)(=O)c1ccc([C@@H](CCN2CCN(C[C@@H](O)CF)CC2)CSc2ccccc2)c(S(=O)(=O)C(F)(F)F)c1)c1ccc(N2CCC([C@@H](O)c3ccccc3-c3ccc(Cl)cc3)CC2)cc1. The number of piperazine rings is 1. The first-order valence-corrected chi connectivity index (χ1v) is 26.5. The smallest absolute Gasteiger partial charge is 0.389 e. The Morgan fingerprint density at radius 2 is 1.41 bits per heavy atom. The number of halogens is 5. The molecule has 1 amide bonds. The Bertz CT molecular complexity index is 2710. The van der Waals surface area contributed by atoms with E-state index < -0.39 is 65.9 Å². The lowest BCUT2D eigenvalue weighted by atomic mass is 9.84. The highest BCUT2D eigenvalue weighted by Crippen LogP contribution is 2.40. The minimum absolute atomic E-state index is 0.0289. The van der Waals surface area contributed by atoms with Crippen LogP contribution in [0.15, 0.2) is 136 Å². The summed E-state index contributed by atoms with van der Waals surface area (Å²) in [6, 6.07) is 32.9. The Hall–Kier alpha value is -4.53. The third kappa shape index (κ3) is 12.6. The van der Waals surface area contributed by atoms with Crippen LogP contribution < -0.4 is 9.62 Å². The lowest BCUT2D eigenvalue weighted by molar-refractivity contribution is -0.0436. The number of thioether (sulfide) groups is 1. The molecule has 0 bridgehead atoms. The Labute approximate surface area is 404 Å². The number of anilines is 1. The average molecular weight is 1020 g/mol. The Balaban J connectivity index is 1.04. The predicted molar refractivity (Wildman–Crippen MR) is 257 cm³/mol. The summed E-state index contributed by atoms with van der Waals surface area (Å²) < 4.78 is 112. The average Bonchev–Trinajstić information content (AvgIpc) is 3.34. The van der Waals surface area contributed by atoms with Gasteiger partial charge in [-0.15, -0.1) is 11.8 Å². The van der Waals surface area contributed by atoms with E-state index >= 15 is 0 Å². The first-order chi connectivity index (χ1) is 32.4. The molecular formula is C49H53ClF4N4O7S3. The van der Waals surface area contributed by atoms with E-state index in [4.69, 9.17) is 11.6 Å². The van der Waals surface area contributed by atoms with E-state index in [1.165, 1.54) is 23.9 Å². The van der Waals surface area contributed by atoms with Crippen molar-refractivity contribution in [1.29, 1.82) is 0 Å². The standard InChI is InChI=1S/C49H53ClF4N4O7S3/c50-38-14-10-34(11-15-38)43-8-4-5-9-45(43)47(60)35-21-24-58(25-22-35)39-16-12-36(13-17-39)48(61)55-68(64,65)42-18-19-44(46(30-42)67(62,63)49(52,53)54)37(33-66-41-6-2-1-3-7-41)20-23-56-26-28-57(29-27-56)32-40(59)31-51/h1-19,30,35,37,40,47,59-60H,20-29,31-33H2,(H,55,61)/t37-,40-,47+/m0/s1. The summed E-state index contributed by atoms with van der Waals surface area (Å²) >= 11 is 7.42. The first-order valence-electron chi connectivity index (χ1n) is 22.2. The van der Waals surface area contributed by atoms with Crippen LogP contribution in [0.3, 0.4) is 0 Å². The van der Waals surface area contributed by atoms with Gasteiger partial charge in [0.15, 0.2) is 0 Å². The molecule has 2 heterocycles. The van der Waals surface area contributed by atoms with E-state index in [0.29, 0.717) is 69.7 Å². The molecule has 0 aliphatic carbocycles.